The van der Waals surface area contributed by atoms with E-state index in [4.69, 9.17) is 9.15 Å². The molecule has 130 valence electrons. The van der Waals surface area contributed by atoms with Crippen LogP contribution in [0, 0.1) is 0 Å². The second kappa shape index (κ2) is 9.07. The van der Waals surface area contributed by atoms with Gasteiger partial charge in [0.1, 0.15) is 18.1 Å². The summed E-state index contributed by atoms with van der Waals surface area (Å²) in [6.45, 7) is 1.45. The van der Waals surface area contributed by atoms with E-state index < -0.39 is 17.8 Å². The monoisotopic (exact) mass is 342 g/mol. The molecule has 0 radical (unpaired) electrons. The highest BCUT2D eigenvalue weighted by molar-refractivity contribution is 6.05. The largest absolute Gasteiger partial charge is 0.465 e. The first-order chi connectivity index (χ1) is 12.1. The van der Waals surface area contributed by atoms with Gasteiger partial charge < -0.3 is 19.8 Å². The Morgan fingerprint density at radius 2 is 1.88 bits per heavy atom. The molecule has 25 heavy (non-hydrogen) atoms. The molecule has 0 aliphatic heterocycles. The van der Waals surface area contributed by atoms with E-state index >= 15 is 0 Å². The Labute approximate surface area is 144 Å². The number of hydrogen-bond donors (Lipinski definition) is 2. The minimum absolute atomic E-state index is 0.0200. The first kappa shape index (κ1) is 18.0. The molecular weight excluding hydrogens is 324 g/mol. The highest BCUT2D eigenvalue weighted by Gasteiger charge is 2.15. The summed E-state index contributed by atoms with van der Waals surface area (Å²) < 4.78 is 9.93. The van der Waals surface area contributed by atoms with Crippen molar-refractivity contribution in [2.75, 3.05) is 13.2 Å². The molecule has 0 fully saturated rings. The summed E-state index contributed by atoms with van der Waals surface area (Å²) in [5, 5.41) is 5.13. The van der Waals surface area contributed by atoms with Crippen molar-refractivity contribution in [3.05, 3.63) is 65.7 Å². The van der Waals surface area contributed by atoms with Crippen molar-refractivity contribution in [2.24, 2.45) is 0 Å². The molecule has 2 rings (SSSR count). The fourth-order valence-electron chi connectivity index (χ4n) is 1.91. The minimum atomic E-state index is -0.521. The van der Waals surface area contributed by atoms with Gasteiger partial charge in [-0.05, 0) is 24.3 Å². The topological polar surface area (TPSA) is 97.6 Å². The molecule has 0 spiro atoms. The third-order valence-electron chi connectivity index (χ3n) is 3.05. The van der Waals surface area contributed by atoms with Gasteiger partial charge in [0.2, 0.25) is 0 Å². The molecule has 2 amide bonds. The van der Waals surface area contributed by atoms with Crippen LogP contribution in [0.5, 0.6) is 0 Å². The van der Waals surface area contributed by atoms with Crippen molar-refractivity contribution in [2.45, 2.75) is 6.92 Å². The first-order valence-corrected chi connectivity index (χ1v) is 7.59. The lowest BCUT2D eigenvalue weighted by molar-refractivity contribution is -0.141. The number of rotatable bonds is 7. The predicted octanol–water partition coefficient (Wildman–Crippen LogP) is 1.73. The summed E-state index contributed by atoms with van der Waals surface area (Å²) in [5.74, 6) is -0.960. The molecule has 1 aromatic carbocycles. The zero-order valence-electron chi connectivity index (χ0n) is 13.7. The van der Waals surface area contributed by atoms with E-state index in [0.29, 0.717) is 11.3 Å². The lowest BCUT2D eigenvalue weighted by Gasteiger charge is -2.10. The molecule has 0 atom stereocenters. The number of amides is 2. The maximum atomic E-state index is 12.3. The highest BCUT2D eigenvalue weighted by atomic mass is 16.5. The van der Waals surface area contributed by atoms with Crippen molar-refractivity contribution >= 4 is 23.9 Å². The zero-order chi connectivity index (χ0) is 18.1. The number of hydrogen-bond acceptors (Lipinski definition) is 5. The lowest BCUT2D eigenvalue weighted by Crippen LogP contribution is -2.36. The predicted molar refractivity (Wildman–Crippen MR) is 90.2 cm³/mol. The smallest absolute Gasteiger partial charge is 0.302 e. The molecule has 0 saturated carbocycles. The fourth-order valence-corrected chi connectivity index (χ4v) is 1.91. The van der Waals surface area contributed by atoms with Crippen LogP contribution in [-0.4, -0.2) is 30.9 Å². The van der Waals surface area contributed by atoms with Crippen molar-refractivity contribution in [1.29, 1.82) is 0 Å². The second-order valence-corrected chi connectivity index (χ2v) is 4.99. The number of carbonyl (C=O) groups is 3. The van der Waals surface area contributed by atoms with Crippen molar-refractivity contribution in [3.8, 4) is 0 Å². The van der Waals surface area contributed by atoms with Gasteiger partial charge in [-0.15, -0.1) is 0 Å². The zero-order valence-corrected chi connectivity index (χ0v) is 13.7. The Bertz CT molecular complexity index is 751. The average Bonchev–Trinajstić information content (AvgIpc) is 3.11. The van der Waals surface area contributed by atoms with Gasteiger partial charge in [-0.25, -0.2) is 0 Å². The Balaban J connectivity index is 2.07. The van der Waals surface area contributed by atoms with Crippen molar-refractivity contribution in [1.82, 2.24) is 10.6 Å². The highest BCUT2D eigenvalue weighted by Crippen LogP contribution is 2.07. The molecular formula is C18H18N2O5. The normalized spacial score (nSPS) is 10.8. The van der Waals surface area contributed by atoms with Gasteiger partial charge >= 0.3 is 5.97 Å². The quantitative estimate of drug-likeness (QED) is 0.454. The van der Waals surface area contributed by atoms with Crippen LogP contribution in [-0.2, 0) is 14.3 Å². The molecule has 2 N–H and O–H groups in total. The lowest BCUT2D eigenvalue weighted by atomic mass is 10.2. The van der Waals surface area contributed by atoms with E-state index in [-0.39, 0.29) is 18.8 Å². The Hall–Kier alpha value is -3.35. The van der Waals surface area contributed by atoms with E-state index in [9.17, 15) is 14.4 Å². The maximum Gasteiger partial charge on any atom is 0.302 e. The first-order valence-electron chi connectivity index (χ1n) is 7.59. The summed E-state index contributed by atoms with van der Waals surface area (Å²) >= 11 is 0. The van der Waals surface area contributed by atoms with E-state index in [1.165, 1.54) is 19.3 Å². The maximum absolute atomic E-state index is 12.3. The number of ether oxygens (including phenoxy) is 1. The third-order valence-corrected chi connectivity index (χ3v) is 3.05. The molecule has 7 nitrogen and oxygen atoms in total. The molecule has 2 aromatic rings. The number of carbonyl (C=O) groups excluding carboxylic acids is 3. The third kappa shape index (κ3) is 5.98. The van der Waals surface area contributed by atoms with Crippen molar-refractivity contribution in [3.63, 3.8) is 0 Å². The van der Waals surface area contributed by atoms with Crippen LogP contribution in [0.2, 0.25) is 0 Å². The van der Waals surface area contributed by atoms with Gasteiger partial charge in [0, 0.05) is 18.6 Å². The van der Waals surface area contributed by atoms with Gasteiger partial charge in [-0.1, -0.05) is 18.2 Å². The molecule has 1 heterocycles. The Morgan fingerprint density at radius 3 is 2.52 bits per heavy atom. The van der Waals surface area contributed by atoms with Crippen LogP contribution in [0.15, 0.2) is 58.8 Å². The van der Waals surface area contributed by atoms with E-state index in [0.717, 1.165) is 0 Å². The number of esters is 1. The standard InChI is InChI=1S/C18H18N2O5/c1-13(21)24-11-9-19-18(23)16(12-15-8-5-10-25-15)20-17(22)14-6-3-2-4-7-14/h2-8,10,12H,9,11H2,1H3,(H,19,23)(H,20,22). The van der Waals surface area contributed by atoms with Gasteiger partial charge in [0.05, 0.1) is 12.8 Å². The van der Waals surface area contributed by atoms with Gasteiger partial charge in [-0.3, -0.25) is 14.4 Å². The molecule has 0 aliphatic carbocycles. The molecule has 0 aliphatic rings. The second-order valence-electron chi connectivity index (χ2n) is 4.99. The molecule has 1 aromatic heterocycles. The molecule has 0 unspecified atom stereocenters. The molecule has 0 saturated heterocycles. The average molecular weight is 342 g/mol. The minimum Gasteiger partial charge on any atom is -0.465 e. The van der Waals surface area contributed by atoms with Crippen LogP contribution in [0.1, 0.15) is 23.0 Å². The Kier molecular flexibility index (Phi) is 6.53. The fraction of sp³-hybridized carbons (Fsp3) is 0.167. The van der Waals surface area contributed by atoms with Crippen LogP contribution in [0.3, 0.4) is 0 Å². The Morgan fingerprint density at radius 1 is 1.12 bits per heavy atom. The van der Waals surface area contributed by atoms with E-state index in [2.05, 4.69) is 10.6 Å². The summed E-state index contributed by atoms with van der Waals surface area (Å²) in [6, 6.07) is 11.8. The van der Waals surface area contributed by atoms with Gasteiger partial charge in [0.25, 0.3) is 11.8 Å². The number of nitrogens with one attached hydrogen (secondary N) is 2. The summed E-state index contributed by atoms with van der Waals surface area (Å²) in [4.78, 5) is 35.3. The molecule has 7 heteroatoms. The molecule has 0 bridgehead atoms. The van der Waals surface area contributed by atoms with Gasteiger partial charge in [-0.2, -0.15) is 0 Å². The number of benzene rings is 1. The summed E-state index contributed by atoms with van der Waals surface area (Å²) in [5.41, 5.74) is 0.437. The number of furan rings is 1. The van der Waals surface area contributed by atoms with E-state index in [1.54, 1.807) is 42.5 Å². The van der Waals surface area contributed by atoms with E-state index in [1.807, 2.05) is 0 Å². The van der Waals surface area contributed by atoms with Crippen LogP contribution in [0.4, 0.5) is 0 Å². The van der Waals surface area contributed by atoms with Gasteiger partial charge in [0.15, 0.2) is 0 Å². The van der Waals surface area contributed by atoms with Crippen LogP contribution >= 0.6 is 0 Å². The van der Waals surface area contributed by atoms with Crippen LogP contribution < -0.4 is 10.6 Å². The van der Waals surface area contributed by atoms with Crippen molar-refractivity contribution < 1.29 is 23.5 Å². The summed E-state index contributed by atoms with van der Waals surface area (Å²) in [6.07, 6.45) is 2.88. The SMILES string of the molecule is CC(=O)OCCNC(=O)C(=Cc1ccco1)NC(=O)c1ccccc1. The van der Waals surface area contributed by atoms with Crippen LogP contribution in [0.25, 0.3) is 6.08 Å². The summed E-state index contributed by atoms with van der Waals surface area (Å²) in [7, 11) is 0.